The first kappa shape index (κ1) is 14.5. The number of aromatic carboxylic acids is 1. The van der Waals surface area contributed by atoms with E-state index in [9.17, 15) is 9.18 Å². The predicted molar refractivity (Wildman–Crippen MR) is 73.2 cm³/mol. The number of hydrogen-bond acceptors (Lipinski definition) is 4. The van der Waals surface area contributed by atoms with E-state index in [1.54, 1.807) is 4.68 Å². The molecule has 0 amide bonds. The molecule has 0 saturated heterocycles. The molecule has 0 spiro atoms. The monoisotopic (exact) mass is 295 g/mol. The van der Waals surface area contributed by atoms with Crippen molar-refractivity contribution in [2.45, 2.75) is 30.5 Å². The van der Waals surface area contributed by atoms with Crippen molar-refractivity contribution in [2.75, 3.05) is 0 Å². The van der Waals surface area contributed by atoms with Crippen LogP contribution in [0.3, 0.4) is 0 Å². The van der Waals surface area contributed by atoms with Gasteiger partial charge < -0.3 is 5.11 Å². The van der Waals surface area contributed by atoms with E-state index in [4.69, 9.17) is 5.11 Å². The molecular formula is C13H14FN3O2S. The molecular weight excluding hydrogens is 281 g/mol. The molecule has 5 nitrogen and oxygen atoms in total. The molecule has 0 fully saturated rings. The van der Waals surface area contributed by atoms with Gasteiger partial charge in [-0.2, -0.15) is 5.10 Å². The molecule has 7 heteroatoms. The number of nitrogens with zero attached hydrogens (tertiary/aromatic N) is 3. The van der Waals surface area contributed by atoms with Crippen LogP contribution in [0, 0.1) is 5.82 Å². The number of carboxylic acid groups (broad SMARTS) is 1. The molecule has 20 heavy (non-hydrogen) atoms. The summed E-state index contributed by atoms with van der Waals surface area (Å²) in [7, 11) is 0. The van der Waals surface area contributed by atoms with Crippen LogP contribution in [-0.2, 0) is 12.3 Å². The second-order valence-electron chi connectivity index (χ2n) is 4.14. The minimum Gasteiger partial charge on any atom is -0.478 e. The number of carbonyl (C=O) groups is 1. The Kier molecular flexibility index (Phi) is 4.73. The number of benzene rings is 1. The molecule has 1 aromatic carbocycles. The highest BCUT2D eigenvalue weighted by molar-refractivity contribution is 7.98. The van der Waals surface area contributed by atoms with Crippen LogP contribution in [0.4, 0.5) is 4.39 Å². The summed E-state index contributed by atoms with van der Waals surface area (Å²) in [5.74, 6) is -0.306. The molecule has 0 saturated carbocycles. The number of carboxylic acids is 1. The lowest BCUT2D eigenvalue weighted by Crippen LogP contribution is -2.04. The molecule has 1 N–H and O–H groups in total. The zero-order chi connectivity index (χ0) is 14.5. The Labute approximate surface area is 119 Å². The van der Waals surface area contributed by atoms with Crippen molar-refractivity contribution < 1.29 is 14.3 Å². The third kappa shape index (κ3) is 3.36. The van der Waals surface area contributed by atoms with Crippen LogP contribution >= 0.6 is 11.8 Å². The highest BCUT2D eigenvalue weighted by Gasteiger charge is 2.11. The molecule has 1 aromatic heterocycles. The maximum atomic E-state index is 13.7. The smallest absolute Gasteiger partial charge is 0.335 e. The largest absolute Gasteiger partial charge is 0.478 e. The Morgan fingerprint density at radius 2 is 2.30 bits per heavy atom. The van der Waals surface area contributed by atoms with Crippen molar-refractivity contribution in [2.24, 2.45) is 0 Å². The van der Waals surface area contributed by atoms with Gasteiger partial charge in [0, 0.05) is 11.4 Å². The average Bonchev–Trinajstić information content (AvgIpc) is 2.85. The second-order valence-corrected chi connectivity index (χ2v) is 5.16. The van der Waals surface area contributed by atoms with Gasteiger partial charge in [0.15, 0.2) is 0 Å². The van der Waals surface area contributed by atoms with Gasteiger partial charge in [-0.3, -0.25) is 0 Å². The van der Waals surface area contributed by atoms with Crippen LogP contribution in [0.2, 0.25) is 0 Å². The van der Waals surface area contributed by atoms with Crippen molar-refractivity contribution >= 4 is 17.7 Å². The van der Waals surface area contributed by atoms with Crippen LogP contribution < -0.4 is 0 Å². The van der Waals surface area contributed by atoms with Gasteiger partial charge in [0.2, 0.25) is 0 Å². The molecule has 2 rings (SSSR count). The molecule has 1 heterocycles. The Balaban J connectivity index is 2.12. The fourth-order valence-electron chi connectivity index (χ4n) is 1.69. The van der Waals surface area contributed by atoms with Crippen molar-refractivity contribution in [1.82, 2.24) is 14.8 Å². The van der Waals surface area contributed by atoms with Crippen LogP contribution in [0.15, 0.2) is 29.4 Å². The highest BCUT2D eigenvalue weighted by Crippen LogP contribution is 2.26. The van der Waals surface area contributed by atoms with Gasteiger partial charge in [-0.05, 0) is 24.6 Å². The van der Waals surface area contributed by atoms with Crippen molar-refractivity contribution in [3.8, 4) is 0 Å². The van der Waals surface area contributed by atoms with Gasteiger partial charge in [0.05, 0.1) is 11.3 Å². The number of rotatable bonds is 6. The van der Waals surface area contributed by atoms with Crippen LogP contribution in [0.1, 0.15) is 29.5 Å². The van der Waals surface area contributed by atoms with E-state index < -0.39 is 11.8 Å². The summed E-state index contributed by atoms with van der Waals surface area (Å²) in [4.78, 5) is 15.3. The number of aromatic nitrogens is 3. The summed E-state index contributed by atoms with van der Waals surface area (Å²) in [6.07, 6.45) is 2.40. The summed E-state index contributed by atoms with van der Waals surface area (Å²) in [5, 5.41) is 13.0. The first-order valence-electron chi connectivity index (χ1n) is 6.14. The quantitative estimate of drug-likeness (QED) is 0.830. The maximum Gasteiger partial charge on any atom is 0.335 e. The summed E-state index contributed by atoms with van der Waals surface area (Å²) in [5.41, 5.74) is 0.0731. The molecule has 106 valence electrons. The van der Waals surface area contributed by atoms with Gasteiger partial charge in [-0.1, -0.05) is 6.92 Å². The Morgan fingerprint density at radius 3 is 3.00 bits per heavy atom. The molecule has 0 atom stereocenters. The summed E-state index contributed by atoms with van der Waals surface area (Å²) < 4.78 is 15.4. The standard InChI is InChI=1S/C13H14FN3O2S/c1-2-5-17-12(15-8-16-17)7-20-11-6-9(13(18)19)3-4-10(11)14/h3-4,6,8H,2,5,7H2,1H3,(H,18,19). The first-order valence-corrected chi connectivity index (χ1v) is 7.12. The van der Waals surface area contributed by atoms with Gasteiger partial charge in [-0.25, -0.2) is 18.9 Å². The lowest BCUT2D eigenvalue weighted by Gasteiger charge is -2.06. The minimum atomic E-state index is -1.07. The number of thioether (sulfide) groups is 1. The molecule has 0 radical (unpaired) electrons. The Morgan fingerprint density at radius 1 is 1.50 bits per heavy atom. The van der Waals surface area contributed by atoms with Crippen LogP contribution in [0.25, 0.3) is 0 Å². The second kappa shape index (κ2) is 6.51. The molecule has 2 aromatic rings. The fourth-order valence-corrected chi connectivity index (χ4v) is 2.61. The molecule has 0 aliphatic rings. The lowest BCUT2D eigenvalue weighted by molar-refractivity contribution is 0.0696. The van der Waals surface area contributed by atoms with Gasteiger partial charge in [0.25, 0.3) is 0 Å². The molecule has 0 aliphatic carbocycles. The average molecular weight is 295 g/mol. The zero-order valence-electron chi connectivity index (χ0n) is 10.9. The highest BCUT2D eigenvalue weighted by atomic mass is 32.2. The van der Waals surface area contributed by atoms with E-state index in [0.717, 1.165) is 18.8 Å². The maximum absolute atomic E-state index is 13.7. The van der Waals surface area contributed by atoms with Crippen LogP contribution in [0.5, 0.6) is 0 Å². The van der Waals surface area contributed by atoms with E-state index in [-0.39, 0.29) is 5.56 Å². The van der Waals surface area contributed by atoms with E-state index in [2.05, 4.69) is 10.1 Å². The number of hydrogen-bond donors (Lipinski definition) is 1. The third-order valence-electron chi connectivity index (χ3n) is 2.67. The topological polar surface area (TPSA) is 68.0 Å². The number of aryl methyl sites for hydroxylation is 1. The van der Waals surface area contributed by atoms with E-state index in [1.807, 2.05) is 6.92 Å². The van der Waals surface area contributed by atoms with Crippen molar-refractivity contribution in [3.05, 3.63) is 41.7 Å². The first-order chi connectivity index (χ1) is 9.61. The summed E-state index contributed by atoms with van der Waals surface area (Å²) in [6.45, 7) is 2.79. The van der Waals surface area contributed by atoms with Gasteiger partial charge >= 0.3 is 5.97 Å². The van der Waals surface area contributed by atoms with Gasteiger partial charge in [0.1, 0.15) is 18.0 Å². The lowest BCUT2D eigenvalue weighted by atomic mass is 10.2. The predicted octanol–water partition coefficient (Wildman–Crippen LogP) is 2.82. The van der Waals surface area contributed by atoms with Crippen molar-refractivity contribution in [1.29, 1.82) is 0 Å². The Bertz CT molecular complexity index is 615. The Hall–Kier alpha value is -1.89. The van der Waals surface area contributed by atoms with Crippen molar-refractivity contribution in [3.63, 3.8) is 0 Å². The molecule has 0 aliphatic heterocycles. The molecule has 0 bridgehead atoms. The fraction of sp³-hybridized carbons (Fsp3) is 0.308. The normalized spacial score (nSPS) is 10.7. The minimum absolute atomic E-state index is 0.0731. The molecule has 0 unspecified atom stereocenters. The van der Waals surface area contributed by atoms with E-state index >= 15 is 0 Å². The summed E-state index contributed by atoms with van der Waals surface area (Å²) in [6, 6.07) is 3.76. The summed E-state index contributed by atoms with van der Waals surface area (Å²) >= 11 is 1.21. The van der Waals surface area contributed by atoms with E-state index in [1.165, 1.54) is 36.3 Å². The SMILES string of the molecule is CCCn1ncnc1CSc1cc(C(=O)O)ccc1F. The number of halogens is 1. The zero-order valence-corrected chi connectivity index (χ0v) is 11.7. The van der Waals surface area contributed by atoms with E-state index in [0.29, 0.717) is 10.6 Å². The third-order valence-corrected chi connectivity index (χ3v) is 3.69. The van der Waals surface area contributed by atoms with Gasteiger partial charge in [-0.15, -0.1) is 11.8 Å². The van der Waals surface area contributed by atoms with Crippen LogP contribution in [-0.4, -0.2) is 25.8 Å².